The van der Waals surface area contributed by atoms with Gasteiger partial charge in [0.25, 0.3) is 0 Å². The standard InChI is InChI=1S/C13H23NO6S/c1-5-19-10(15)8-21-7-6-9(11(16)17)14-12(18)20-13(2,3)4/h9H,5-8H2,1-4H3,(H,14,18)(H,16,17). The van der Waals surface area contributed by atoms with E-state index in [1.807, 2.05) is 0 Å². The lowest BCUT2D eigenvalue weighted by Crippen LogP contribution is -2.43. The Kier molecular flexibility index (Phi) is 8.84. The summed E-state index contributed by atoms with van der Waals surface area (Å²) in [5, 5.41) is 11.3. The van der Waals surface area contributed by atoms with E-state index in [4.69, 9.17) is 14.6 Å². The fourth-order valence-electron chi connectivity index (χ4n) is 1.27. The van der Waals surface area contributed by atoms with Crippen LogP contribution in [0.1, 0.15) is 34.1 Å². The summed E-state index contributed by atoms with van der Waals surface area (Å²) in [6.07, 6.45) is -0.580. The number of aliphatic carboxylic acids is 1. The summed E-state index contributed by atoms with van der Waals surface area (Å²) in [7, 11) is 0. The van der Waals surface area contributed by atoms with E-state index < -0.39 is 23.7 Å². The van der Waals surface area contributed by atoms with Gasteiger partial charge in [-0.3, -0.25) is 4.79 Å². The van der Waals surface area contributed by atoms with E-state index in [1.54, 1.807) is 27.7 Å². The third-order valence-corrected chi connectivity index (χ3v) is 3.03. The number of amides is 1. The highest BCUT2D eigenvalue weighted by Crippen LogP contribution is 2.09. The molecule has 0 aromatic carbocycles. The molecule has 0 aliphatic rings. The van der Waals surface area contributed by atoms with Crippen LogP contribution in [0.2, 0.25) is 0 Å². The van der Waals surface area contributed by atoms with Crippen molar-refractivity contribution in [1.82, 2.24) is 5.32 Å². The number of ether oxygens (including phenoxy) is 2. The van der Waals surface area contributed by atoms with E-state index in [0.717, 1.165) is 0 Å². The van der Waals surface area contributed by atoms with E-state index in [9.17, 15) is 14.4 Å². The summed E-state index contributed by atoms with van der Waals surface area (Å²) in [6, 6.07) is -1.05. The summed E-state index contributed by atoms with van der Waals surface area (Å²) < 4.78 is 9.75. The second-order valence-electron chi connectivity index (χ2n) is 5.18. The number of thioether (sulfide) groups is 1. The van der Waals surface area contributed by atoms with Gasteiger partial charge in [-0.1, -0.05) is 0 Å². The number of hydrogen-bond donors (Lipinski definition) is 2. The first-order valence-electron chi connectivity index (χ1n) is 6.61. The molecule has 0 aromatic heterocycles. The first-order chi connectivity index (χ1) is 9.65. The quantitative estimate of drug-likeness (QED) is 0.517. The molecule has 8 heteroatoms. The van der Waals surface area contributed by atoms with E-state index in [2.05, 4.69) is 5.32 Å². The molecule has 0 bridgehead atoms. The van der Waals surface area contributed by atoms with E-state index in [-0.39, 0.29) is 18.1 Å². The van der Waals surface area contributed by atoms with Crippen LogP contribution in [0.4, 0.5) is 4.79 Å². The number of nitrogens with one attached hydrogen (secondary N) is 1. The Bertz CT molecular complexity index is 366. The maximum atomic E-state index is 11.5. The van der Waals surface area contributed by atoms with Crippen LogP contribution in [0.15, 0.2) is 0 Å². The molecule has 2 N–H and O–H groups in total. The van der Waals surface area contributed by atoms with Crippen molar-refractivity contribution in [3.63, 3.8) is 0 Å². The van der Waals surface area contributed by atoms with Crippen LogP contribution in [0.25, 0.3) is 0 Å². The third kappa shape index (κ3) is 10.9. The first-order valence-corrected chi connectivity index (χ1v) is 7.77. The molecule has 0 rings (SSSR count). The van der Waals surface area contributed by atoms with Crippen LogP contribution in [0, 0.1) is 0 Å². The number of esters is 1. The molecular weight excluding hydrogens is 298 g/mol. The van der Waals surface area contributed by atoms with Gasteiger partial charge in [0.15, 0.2) is 0 Å². The molecule has 0 aromatic rings. The number of carboxylic acids is 1. The zero-order valence-electron chi connectivity index (χ0n) is 12.8. The number of carbonyl (C=O) groups is 3. The van der Waals surface area contributed by atoms with Crippen LogP contribution in [-0.2, 0) is 19.1 Å². The predicted octanol–water partition coefficient (Wildman–Crippen LogP) is 1.65. The normalized spacial score (nSPS) is 12.4. The van der Waals surface area contributed by atoms with Crippen LogP contribution < -0.4 is 5.32 Å². The summed E-state index contributed by atoms with van der Waals surface area (Å²) in [5.74, 6) is -0.912. The van der Waals surface area contributed by atoms with E-state index in [1.165, 1.54) is 11.8 Å². The lowest BCUT2D eigenvalue weighted by Gasteiger charge is -2.21. The Labute approximate surface area is 128 Å². The van der Waals surface area contributed by atoms with Gasteiger partial charge in [-0.25, -0.2) is 9.59 Å². The molecular formula is C13H23NO6S. The van der Waals surface area contributed by atoms with Crippen LogP contribution in [0.3, 0.4) is 0 Å². The zero-order valence-corrected chi connectivity index (χ0v) is 13.6. The van der Waals surface area contributed by atoms with E-state index in [0.29, 0.717) is 12.4 Å². The van der Waals surface area contributed by atoms with Crippen molar-refractivity contribution < 1.29 is 29.0 Å². The zero-order chi connectivity index (χ0) is 16.5. The van der Waals surface area contributed by atoms with Crippen LogP contribution in [0.5, 0.6) is 0 Å². The SMILES string of the molecule is CCOC(=O)CSCCC(NC(=O)OC(C)(C)C)C(=O)O. The highest BCUT2D eigenvalue weighted by molar-refractivity contribution is 7.99. The highest BCUT2D eigenvalue weighted by Gasteiger charge is 2.23. The molecule has 0 spiro atoms. The number of hydrogen-bond acceptors (Lipinski definition) is 6. The van der Waals surface area contributed by atoms with Gasteiger partial charge in [-0.15, -0.1) is 0 Å². The van der Waals surface area contributed by atoms with Gasteiger partial charge in [0.05, 0.1) is 12.4 Å². The molecule has 0 fully saturated rings. The fraction of sp³-hybridized carbons (Fsp3) is 0.769. The molecule has 0 saturated heterocycles. The summed E-state index contributed by atoms with van der Waals surface area (Å²) in [6.45, 7) is 7.11. The smallest absolute Gasteiger partial charge is 0.408 e. The summed E-state index contributed by atoms with van der Waals surface area (Å²) in [5.41, 5.74) is -0.689. The maximum absolute atomic E-state index is 11.5. The lowest BCUT2D eigenvalue weighted by atomic mass is 10.2. The van der Waals surface area contributed by atoms with Gasteiger partial charge < -0.3 is 19.9 Å². The van der Waals surface area contributed by atoms with Gasteiger partial charge in [0.2, 0.25) is 0 Å². The van der Waals surface area contributed by atoms with Gasteiger partial charge in [0, 0.05) is 0 Å². The van der Waals surface area contributed by atoms with Crippen molar-refractivity contribution in [2.24, 2.45) is 0 Å². The molecule has 122 valence electrons. The monoisotopic (exact) mass is 321 g/mol. The second-order valence-corrected chi connectivity index (χ2v) is 6.29. The fourth-order valence-corrected chi connectivity index (χ4v) is 2.06. The van der Waals surface area contributed by atoms with Crippen molar-refractivity contribution in [3.05, 3.63) is 0 Å². The molecule has 1 amide bonds. The minimum absolute atomic E-state index is 0.159. The molecule has 7 nitrogen and oxygen atoms in total. The summed E-state index contributed by atoms with van der Waals surface area (Å²) >= 11 is 1.26. The minimum Gasteiger partial charge on any atom is -0.480 e. The van der Waals surface area contributed by atoms with Crippen molar-refractivity contribution in [1.29, 1.82) is 0 Å². The largest absolute Gasteiger partial charge is 0.480 e. The second kappa shape index (κ2) is 9.49. The maximum Gasteiger partial charge on any atom is 0.408 e. The number of rotatable bonds is 8. The van der Waals surface area contributed by atoms with Gasteiger partial charge in [-0.2, -0.15) is 11.8 Å². The molecule has 0 aliphatic heterocycles. The Hall–Kier alpha value is -1.44. The van der Waals surface area contributed by atoms with Crippen molar-refractivity contribution in [2.45, 2.75) is 45.8 Å². The topological polar surface area (TPSA) is 102 Å². The third-order valence-electron chi connectivity index (χ3n) is 2.07. The molecule has 21 heavy (non-hydrogen) atoms. The van der Waals surface area contributed by atoms with Gasteiger partial charge in [0.1, 0.15) is 11.6 Å². The average Bonchev–Trinajstić information content (AvgIpc) is 2.30. The molecule has 0 radical (unpaired) electrons. The number of carbonyl (C=O) groups excluding carboxylic acids is 2. The van der Waals surface area contributed by atoms with E-state index >= 15 is 0 Å². The molecule has 0 saturated carbocycles. The highest BCUT2D eigenvalue weighted by atomic mass is 32.2. The number of alkyl carbamates (subject to hydrolysis) is 1. The predicted molar refractivity (Wildman–Crippen MR) is 79.4 cm³/mol. The minimum atomic E-state index is -1.14. The molecule has 0 aliphatic carbocycles. The van der Waals surface area contributed by atoms with Crippen molar-refractivity contribution in [3.8, 4) is 0 Å². The molecule has 1 atom stereocenters. The summed E-state index contributed by atoms with van der Waals surface area (Å²) in [4.78, 5) is 33.7. The number of carboxylic acid groups (broad SMARTS) is 1. The Morgan fingerprint density at radius 1 is 1.29 bits per heavy atom. The van der Waals surface area contributed by atoms with Crippen LogP contribution in [-0.4, -0.2) is 52.9 Å². The van der Waals surface area contributed by atoms with Crippen LogP contribution >= 0.6 is 11.8 Å². The Morgan fingerprint density at radius 3 is 2.38 bits per heavy atom. The van der Waals surface area contributed by atoms with Gasteiger partial charge >= 0.3 is 18.0 Å². The first kappa shape index (κ1) is 19.6. The van der Waals surface area contributed by atoms with Crippen molar-refractivity contribution in [2.75, 3.05) is 18.1 Å². The lowest BCUT2D eigenvalue weighted by molar-refractivity contribution is -0.140. The molecule has 0 heterocycles. The average molecular weight is 321 g/mol. The molecule has 1 unspecified atom stereocenters. The Morgan fingerprint density at radius 2 is 1.90 bits per heavy atom. The van der Waals surface area contributed by atoms with Crippen molar-refractivity contribution >= 4 is 29.8 Å². The van der Waals surface area contributed by atoms with Gasteiger partial charge in [-0.05, 0) is 39.9 Å². The Balaban J connectivity index is 4.12.